The number of hydrogen-bond acceptors (Lipinski definition) is 5. The zero-order valence-corrected chi connectivity index (χ0v) is 16.8. The number of carboxylic acids is 1. The van der Waals surface area contributed by atoms with Gasteiger partial charge < -0.3 is 10.4 Å². The van der Waals surface area contributed by atoms with E-state index in [4.69, 9.17) is 23.2 Å². The normalized spacial score (nSPS) is 16.6. The summed E-state index contributed by atoms with van der Waals surface area (Å²) in [5, 5.41) is 13.6. The van der Waals surface area contributed by atoms with Gasteiger partial charge in [-0.3, -0.25) is 9.78 Å². The van der Waals surface area contributed by atoms with Crippen LogP contribution in [0.25, 0.3) is 17.0 Å². The molecule has 6 nitrogen and oxygen atoms in total. The molecule has 1 saturated heterocycles. The predicted octanol–water partition coefficient (Wildman–Crippen LogP) is 5.13. The van der Waals surface area contributed by atoms with Gasteiger partial charge in [-0.05, 0) is 53.7 Å². The fourth-order valence-electron chi connectivity index (χ4n) is 2.77. The third kappa shape index (κ3) is 3.98. The lowest BCUT2D eigenvalue weighted by molar-refractivity contribution is -0.115. The van der Waals surface area contributed by atoms with Crippen LogP contribution in [0, 0.1) is 0 Å². The number of aliphatic imine (C=N–C) groups is 1. The van der Waals surface area contributed by atoms with E-state index in [9.17, 15) is 14.7 Å². The Kier molecular flexibility index (Phi) is 5.27. The Morgan fingerprint density at radius 2 is 1.93 bits per heavy atom. The van der Waals surface area contributed by atoms with Crippen LogP contribution in [0.15, 0.2) is 58.6 Å². The first-order valence-electron chi connectivity index (χ1n) is 8.28. The Bertz CT molecular complexity index is 1220. The summed E-state index contributed by atoms with van der Waals surface area (Å²) in [4.78, 5) is 32.7. The highest BCUT2D eigenvalue weighted by molar-refractivity contribution is 8.18. The van der Waals surface area contributed by atoms with E-state index in [0.29, 0.717) is 42.3 Å². The van der Waals surface area contributed by atoms with E-state index in [1.807, 2.05) is 0 Å². The number of benzene rings is 2. The van der Waals surface area contributed by atoms with Crippen molar-refractivity contribution >= 4 is 74.7 Å². The van der Waals surface area contributed by atoms with Crippen molar-refractivity contribution in [3.63, 3.8) is 0 Å². The number of pyridine rings is 1. The molecule has 4 rings (SSSR count). The van der Waals surface area contributed by atoms with Gasteiger partial charge in [0.15, 0.2) is 5.17 Å². The van der Waals surface area contributed by atoms with E-state index in [0.717, 1.165) is 11.8 Å². The first-order valence-corrected chi connectivity index (χ1v) is 9.85. The van der Waals surface area contributed by atoms with Crippen LogP contribution in [-0.4, -0.2) is 27.1 Å². The molecule has 144 valence electrons. The molecule has 0 aliphatic carbocycles. The number of para-hydroxylation sites is 1. The van der Waals surface area contributed by atoms with Crippen molar-refractivity contribution < 1.29 is 14.7 Å². The minimum Gasteiger partial charge on any atom is -0.478 e. The van der Waals surface area contributed by atoms with E-state index in [1.165, 1.54) is 12.3 Å². The maximum Gasteiger partial charge on any atom is 0.336 e. The van der Waals surface area contributed by atoms with Crippen LogP contribution in [0.4, 0.5) is 5.69 Å². The Balaban J connectivity index is 1.69. The summed E-state index contributed by atoms with van der Waals surface area (Å²) in [6.45, 7) is 0. The lowest BCUT2D eigenvalue weighted by atomic mass is 10.1. The molecule has 29 heavy (non-hydrogen) atoms. The van der Waals surface area contributed by atoms with Gasteiger partial charge in [0.2, 0.25) is 0 Å². The molecule has 0 bridgehead atoms. The third-order valence-corrected chi connectivity index (χ3v) is 5.62. The molecule has 2 N–H and O–H groups in total. The molecule has 0 unspecified atom stereocenters. The van der Waals surface area contributed by atoms with Crippen LogP contribution in [0.5, 0.6) is 0 Å². The average molecular weight is 444 g/mol. The third-order valence-electron chi connectivity index (χ3n) is 4.10. The number of aromatic carboxylic acids is 1. The Hall–Kier alpha value is -2.87. The zero-order chi connectivity index (χ0) is 20.5. The summed E-state index contributed by atoms with van der Waals surface area (Å²) in [7, 11) is 0. The molecular weight excluding hydrogens is 433 g/mol. The monoisotopic (exact) mass is 443 g/mol. The number of amides is 1. The first kappa shape index (κ1) is 19.4. The average Bonchev–Trinajstić information content (AvgIpc) is 3.03. The number of hydrogen-bond donors (Lipinski definition) is 2. The highest BCUT2D eigenvalue weighted by Crippen LogP contribution is 2.35. The smallest absolute Gasteiger partial charge is 0.336 e. The van der Waals surface area contributed by atoms with Crippen LogP contribution in [-0.2, 0) is 4.79 Å². The SMILES string of the molecule is O=C1NC(=Nc2c(Cl)cccc2Cl)SC1=Cc1ccc2nccc(C(=O)O)c2c1. The second-order valence-electron chi connectivity index (χ2n) is 5.99. The van der Waals surface area contributed by atoms with E-state index in [-0.39, 0.29) is 11.5 Å². The topological polar surface area (TPSA) is 91.7 Å². The summed E-state index contributed by atoms with van der Waals surface area (Å²) < 4.78 is 0. The van der Waals surface area contributed by atoms with E-state index in [1.54, 1.807) is 42.5 Å². The maximum absolute atomic E-state index is 12.3. The van der Waals surface area contributed by atoms with Crippen molar-refractivity contribution in [2.45, 2.75) is 0 Å². The van der Waals surface area contributed by atoms with Gasteiger partial charge in [-0.15, -0.1) is 0 Å². The Morgan fingerprint density at radius 1 is 1.17 bits per heavy atom. The van der Waals surface area contributed by atoms with Gasteiger partial charge in [0, 0.05) is 11.6 Å². The quantitative estimate of drug-likeness (QED) is 0.547. The van der Waals surface area contributed by atoms with Gasteiger partial charge in [0.1, 0.15) is 5.69 Å². The molecule has 2 heterocycles. The Labute approximate surface area is 179 Å². The zero-order valence-electron chi connectivity index (χ0n) is 14.5. The van der Waals surface area contributed by atoms with Crippen LogP contribution in [0.1, 0.15) is 15.9 Å². The number of rotatable bonds is 3. The van der Waals surface area contributed by atoms with Gasteiger partial charge in [0.05, 0.1) is 26.0 Å². The number of carbonyl (C=O) groups excluding carboxylic acids is 1. The molecule has 0 saturated carbocycles. The molecule has 9 heteroatoms. The number of nitrogens with zero attached hydrogens (tertiary/aromatic N) is 2. The van der Waals surface area contributed by atoms with Crippen LogP contribution < -0.4 is 5.32 Å². The van der Waals surface area contributed by atoms with Crippen LogP contribution in [0.3, 0.4) is 0 Å². The fraction of sp³-hybridized carbons (Fsp3) is 0. The van der Waals surface area contributed by atoms with Crippen molar-refractivity contribution in [1.82, 2.24) is 10.3 Å². The minimum absolute atomic E-state index is 0.148. The van der Waals surface area contributed by atoms with Gasteiger partial charge in [-0.2, -0.15) is 0 Å². The second-order valence-corrected chi connectivity index (χ2v) is 7.84. The molecule has 3 aromatic rings. The standard InChI is InChI=1S/C20H11Cl2N3O3S/c21-13-2-1-3-14(22)17(13)24-20-25-18(26)16(29-20)9-10-4-5-15-12(8-10)11(19(27)28)6-7-23-15/h1-9H,(H,27,28)(H,24,25,26). The van der Waals surface area contributed by atoms with Crippen molar-refractivity contribution in [3.8, 4) is 0 Å². The van der Waals surface area contributed by atoms with E-state index >= 15 is 0 Å². The lowest BCUT2D eigenvalue weighted by Crippen LogP contribution is -2.19. The number of amidine groups is 1. The van der Waals surface area contributed by atoms with Crippen molar-refractivity contribution in [3.05, 3.63) is 74.7 Å². The highest BCUT2D eigenvalue weighted by atomic mass is 35.5. The number of carboxylic acid groups (broad SMARTS) is 1. The van der Waals surface area contributed by atoms with Gasteiger partial charge in [-0.25, -0.2) is 9.79 Å². The summed E-state index contributed by atoms with van der Waals surface area (Å²) in [5.41, 5.74) is 1.76. The molecule has 1 aliphatic rings. The van der Waals surface area contributed by atoms with Gasteiger partial charge >= 0.3 is 5.97 Å². The fourth-order valence-corrected chi connectivity index (χ4v) is 4.08. The number of carbonyl (C=O) groups is 2. The number of nitrogens with one attached hydrogen (secondary N) is 1. The maximum atomic E-state index is 12.3. The molecule has 1 amide bonds. The minimum atomic E-state index is -1.04. The molecule has 0 radical (unpaired) electrons. The molecule has 2 aromatic carbocycles. The van der Waals surface area contributed by atoms with Crippen molar-refractivity contribution in [2.75, 3.05) is 0 Å². The largest absolute Gasteiger partial charge is 0.478 e. The molecule has 1 fully saturated rings. The number of aromatic nitrogens is 1. The van der Waals surface area contributed by atoms with Crippen LogP contribution >= 0.6 is 35.0 Å². The summed E-state index contributed by atoms with van der Waals surface area (Å²) in [5.74, 6) is -1.36. The summed E-state index contributed by atoms with van der Waals surface area (Å²) in [6, 6.07) is 11.6. The molecular formula is C20H11Cl2N3O3S. The number of halogens is 2. The lowest BCUT2D eigenvalue weighted by Gasteiger charge is -2.03. The highest BCUT2D eigenvalue weighted by Gasteiger charge is 2.24. The summed E-state index contributed by atoms with van der Waals surface area (Å²) >= 11 is 13.4. The molecule has 0 spiro atoms. The van der Waals surface area contributed by atoms with Crippen molar-refractivity contribution in [1.29, 1.82) is 0 Å². The second kappa shape index (κ2) is 7.87. The van der Waals surface area contributed by atoms with Crippen molar-refractivity contribution in [2.24, 2.45) is 4.99 Å². The Morgan fingerprint density at radius 3 is 2.66 bits per heavy atom. The van der Waals surface area contributed by atoms with Crippen LogP contribution in [0.2, 0.25) is 10.0 Å². The van der Waals surface area contributed by atoms with E-state index in [2.05, 4.69) is 15.3 Å². The first-order chi connectivity index (χ1) is 13.9. The van der Waals surface area contributed by atoms with Gasteiger partial charge in [-0.1, -0.05) is 35.3 Å². The summed E-state index contributed by atoms with van der Waals surface area (Å²) in [6.07, 6.45) is 3.11. The number of fused-ring (bicyclic) bond motifs is 1. The molecule has 0 atom stereocenters. The van der Waals surface area contributed by atoms with Gasteiger partial charge in [0.25, 0.3) is 5.91 Å². The molecule has 1 aromatic heterocycles. The predicted molar refractivity (Wildman–Crippen MR) is 116 cm³/mol. The van der Waals surface area contributed by atoms with E-state index < -0.39 is 5.97 Å². The molecule has 1 aliphatic heterocycles. The number of thioether (sulfide) groups is 1.